The molecule has 2 N–H and O–H groups in total. The van der Waals surface area contributed by atoms with E-state index in [-0.39, 0.29) is 24.3 Å². The predicted octanol–water partition coefficient (Wildman–Crippen LogP) is 3.15. The van der Waals surface area contributed by atoms with Gasteiger partial charge in [0.15, 0.2) is 18.1 Å². The van der Waals surface area contributed by atoms with Crippen molar-refractivity contribution in [3.63, 3.8) is 0 Å². The third kappa shape index (κ3) is 4.13. The maximum Gasteiger partial charge on any atom is 0.255 e. The summed E-state index contributed by atoms with van der Waals surface area (Å²) >= 11 is 1.62. The molecular weight excluding hydrogens is 418 g/mol. The summed E-state index contributed by atoms with van der Waals surface area (Å²) in [7, 11) is 2.92. The number of rotatable bonds is 7. The predicted molar refractivity (Wildman–Crippen MR) is 117 cm³/mol. The highest BCUT2D eigenvalue weighted by atomic mass is 32.1. The van der Waals surface area contributed by atoms with Crippen molar-refractivity contribution in [1.82, 2.24) is 9.88 Å². The van der Waals surface area contributed by atoms with Gasteiger partial charge in [0.05, 0.1) is 30.5 Å². The Kier molecular flexibility index (Phi) is 5.94. The molecule has 162 valence electrons. The summed E-state index contributed by atoms with van der Waals surface area (Å²) in [5.41, 5.74) is 6.53. The number of carbonyl (C=O) groups is 2. The van der Waals surface area contributed by atoms with Crippen molar-refractivity contribution < 1.29 is 23.8 Å². The van der Waals surface area contributed by atoms with Crippen LogP contribution in [0.5, 0.6) is 17.2 Å². The van der Waals surface area contributed by atoms with Crippen molar-refractivity contribution in [2.75, 3.05) is 27.4 Å². The van der Waals surface area contributed by atoms with Gasteiger partial charge in [0.25, 0.3) is 11.8 Å². The van der Waals surface area contributed by atoms with E-state index >= 15 is 0 Å². The third-order valence-corrected chi connectivity index (χ3v) is 6.31. The zero-order valence-corrected chi connectivity index (χ0v) is 18.1. The number of primary amides is 1. The number of para-hydroxylation sites is 1. The Hall–Kier alpha value is -3.33. The van der Waals surface area contributed by atoms with Crippen LogP contribution in [0.2, 0.25) is 0 Å². The topological polar surface area (TPSA) is 104 Å². The van der Waals surface area contributed by atoms with Crippen LogP contribution in [0.15, 0.2) is 36.4 Å². The number of thiazole rings is 1. The molecule has 1 aromatic heterocycles. The zero-order valence-electron chi connectivity index (χ0n) is 17.3. The van der Waals surface area contributed by atoms with Gasteiger partial charge in [-0.25, -0.2) is 4.98 Å². The van der Waals surface area contributed by atoms with Crippen molar-refractivity contribution in [3.05, 3.63) is 47.0 Å². The van der Waals surface area contributed by atoms with Gasteiger partial charge in [-0.1, -0.05) is 12.1 Å². The molecule has 8 nitrogen and oxygen atoms in total. The highest BCUT2D eigenvalue weighted by Gasteiger charge is 2.33. The van der Waals surface area contributed by atoms with Crippen molar-refractivity contribution in [3.8, 4) is 17.2 Å². The fourth-order valence-corrected chi connectivity index (χ4v) is 4.87. The number of benzene rings is 2. The molecule has 0 radical (unpaired) electrons. The van der Waals surface area contributed by atoms with Crippen molar-refractivity contribution in [1.29, 1.82) is 0 Å². The van der Waals surface area contributed by atoms with E-state index in [1.165, 1.54) is 14.2 Å². The summed E-state index contributed by atoms with van der Waals surface area (Å²) in [4.78, 5) is 31.1. The molecule has 2 amide bonds. The van der Waals surface area contributed by atoms with Gasteiger partial charge in [0.2, 0.25) is 5.75 Å². The molecule has 0 bridgehead atoms. The molecular formula is C22H23N3O5S. The monoisotopic (exact) mass is 441 g/mol. The Labute approximate surface area is 183 Å². The largest absolute Gasteiger partial charge is 0.493 e. The van der Waals surface area contributed by atoms with Crippen LogP contribution in [-0.4, -0.2) is 49.1 Å². The average molecular weight is 442 g/mol. The SMILES string of the molecule is COc1cc(C(=O)N2CCCC2c2nc3ccccc3s2)cc(OC)c1OCC(N)=O. The van der Waals surface area contributed by atoms with Crippen LogP contribution in [0.3, 0.4) is 0 Å². The molecule has 1 aliphatic heterocycles. The average Bonchev–Trinajstić information content (AvgIpc) is 3.43. The van der Waals surface area contributed by atoms with Crippen molar-refractivity contribution >= 4 is 33.4 Å². The zero-order chi connectivity index (χ0) is 22.0. The van der Waals surface area contributed by atoms with Crippen molar-refractivity contribution in [2.45, 2.75) is 18.9 Å². The van der Waals surface area contributed by atoms with E-state index in [0.29, 0.717) is 23.6 Å². The third-order valence-electron chi connectivity index (χ3n) is 5.18. The standard InChI is InChI=1S/C22H23N3O5S/c1-28-16-10-13(11-17(29-2)20(16)30-12-19(23)26)22(27)25-9-5-7-15(25)21-24-14-6-3-4-8-18(14)31-21/h3-4,6,8,10-11,15H,5,7,9,12H2,1-2H3,(H2,23,26). The highest BCUT2D eigenvalue weighted by Crippen LogP contribution is 2.41. The number of ether oxygens (including phenoxy) is 3. The molecule has 31 heavy (non-hydrogen) atoms. The number of methoxy groups -OCH3 is 2. The Morgan fingerprint density at radius 3 is 2.55 bits per heavy atom. The molecule has 1 aliphatic rings. The van der Waals surface area contributed by atoms with Crippen LogP contribution in [0, 0.1) is 0 Å². The maximum atomic E-state index is 13.4. The minimum absolute atomic E-state index is 0.0762. The molecule has 0 saturated carbocycles. The summed E-state index contributed by atoms with van der Waals surface area (Å²) in [5, 5.41) is 0.937. The minimum Gasteiger partial charge on any atom is -0.493 e. The van der Waals surface area contributed by atoms with Crippen molar-refractivity contribution in [2.24, 2.45) is 5.73 Å². The van der Waals surface area contributed by atoms with E-state index in [1.807, 2.05) is 29.2 Å². The van der Waals surface area contributed by atoms with Gasteiger partial charge < -0.3 is 24.8 Å². The van der Waals surface area contributed by atoms with Gasteiger partial charge >= 0.3 is 0 Å². The Morgan fingerprint density at radius 2 is 1.90 bits per heavy atom. The van der Waals surface area contributed by atoms with E-state index in [0.717, 1.165) is 28.1 Å². The van der Waals surface area contributed by atoms with Gasteiger partial charge in [-0.2, -0.15) is 0 Å². The van der Waals surface area contributed by atoms with Crippen LogP contribution in [0.25, 0.3) is 10.2 Å². The summed E-state index contributed by atoms with van der Waals surface area (Å²) in [6, 6.07) is 11.1. The first-order valence-corrected chi connectivity index (χ1v) is 10.7. The Morgan fingerprint density at radius 1 is 1.19 bits per heavy atom. The summed E-state index contributed by atoms with van der Waals surface area (Å²) in [6.07, 6.45) is 1.76. The molecule has 4 rings (SSSR count). The van der Waals surface area contributed by atoms with Gasteiger partial charge in [0, 0.05) is 12.1 Å². The van der Waals surface area contributed by atoms with Gasteiger partial charge in [0.1, 0.15) is 5.01 Å². The second-order valence-corrected chi connectivity index (χ2v) is 8.20. The fourth-order valence-electron chi connectivity index (χ4n) is 3.75. The van der Waals surface area contributed by atoms with E-state index in [4.69, 9.17) is 24.9 Å². The number of nitrogens with two attached hydrogens (primary N) is 1. The molecule has 9 heteroatoms. The van der Waals surface area contributed by atoms with Gasteiger partial charge in [-0.15, -0.1) is 11.3 Å². The number of likely N-dealkylation sites (tertiary alicyclic amines) is 1. The molecule has 1 saturated heterocycles. The van der Waals surface area contributed by atoms with Crippen LogP contribution >= 0.6 is 11.3 Å². The number of hydrogen-bond donors (Lipinski definition) is 1. The molecule has 1 atom stereocenters. The molecule has 3 aromatic rings. The van der Waals surface area contributed by atoms with Crippen LogP contribution in [-0.2, 0) is 4.79 Å². The second-order valence-electron chi connectivity index (χ2n) is 7.14. The lowest BCUT2D eigenvalue weighted by atomic mass is 10.1. The number of fused-ring (bicyclic) bond motifs is 1. The number of hydrogen-bond acceptors (Lipinski definition) is 7. The van der Waals surface area contributed by atoms with E-state index in [9.17, 15) is 9.59 Å². The quantitative estimate of drug-likeness (QED) is 0.604. The summed E-state index contributed by atoms with van der Waals surface area (Å²) in [5.74, 6) is 0.0451. The molecule has 0 aliphatic carbocycles. The summed E-state index contributed by atoms with van der Waals surface area (Å²) in [6.45, 7) is 0.315. The van der Waals surface area contributed by atoms with E-state index in [1.54, 1.807) is 23.5 Å². The molecule has 1 fully saturated rings. The smallest absolute Gasteiger partial charge is 0.255 e. The van der Waals surface area contributed by atoms with Crippen LogP contribution in [0.1, 0.15) is 34.2 Å². The van der Waals surface area contributed by atoms with Crippen LogP contribution in [0.4, 0.5) is 0 Å². The van der Waals surface area contributed by atoms with E-state index in [2.05, 4.69) is 0 Å². The minimum atomic E-state index is -0.625. The van der Waals surface area contributed by atoms with E-state index < -0.39 is 5.91 Å². The summed E-state index contributed by atoms with van der Waals surface area (Å²) < 4.78 is 17.3. The normalized spacial score (nSPS) is 15.8. The number of amides is 2. The van der Waals surface area contributed by atoms with Crippen LogP contribution < -0.4 is 19.9 Å². The Bertz CT molecular complexity index is 1070. The first-order chi connectivity index (χ1) is 15.0. The molecule has 2 aromatic carbocycles. The number of aromatic nitrogens is 1. The maximum absolute atomic E-state index is 13.4. The second kappa shape index (κ2) is 8.81. The molecule has 1 unspecified atom stereocenters. The highest BCUT2D eigenvalue weighted by molar-refractivity contribution is 7.18. The lowest BCUT2D eigenvalue weighted by molar-refractivity contribution is -0.120. The molecule has 2 heterocycles. The Balaban J connectivity index is 1.65. The van der Waals surface area contributed by atoms with Gasteiger partial charge in [-0.3, -0.25) is 9.59 Å². The number of carbonyl (C=O) groups excluding carboxylic acids is 2. The molecule has 0 spiro atoms. The lowest BCUT2D eigenvalue weighted by Crippen LogP contribution is -2.30. The number of nitrogens with zero attached hydrogens (tertiary/aromatic N) is 2. The lowest BCUT2D eigenvalue weighted by Gasteiger charge is -2.24. The fraction of sp³-hybridized carbons (Fsp3) is 0.318. The van der Waals surface area contributed by atoms with Gasteiger partial charge in [-0.05, 0) is 37.1 Å². The first kappa shape index (κ1) is 20.9. The first-order valence-electron chi connectivity index (χ1n) is 9.85.